The van der Waals surface area contributed by atoms with Gasteiger partial charge in [-0.25, -0.2) is 4.79 Å². The van der Waals surface area contributed by atoms with Gasteiger partial charge in [-0.15, -0.1) is 0 Å². The van der Waals surface area contributed by atoms with Crippen molar-refractivity contribution in [1.29, 1.82) is 0 Å². The van der Waals surface area contributed by atoms with E-state index in [0.717, 1.165) is 55.3 Å². The number of benzene rings is 3. The SMILES string of the molecule is Cc1cc(OCCCc2c3n(c4cc(Cl)ccc24)C(C)[C@@H](c2c(C)nn(C)c2C)N(c2nn(C)c4cccc(C(=O)O)c24)C3=O)cc(C)c1Cl. The molecule has 0 aliphatic carbocycles. The zero-order valence-electron chi connectivity index (χ0n) is 29.0. The van der Waals surface area contributed by atoms with E-state index in [1.54, 1.807) is 28.8 Å². The lowest BCUT2D eigenvalue weighted by Gasteiger charge is -2.41. The molecule has 1 unspecified atom stereocenters. The maximum atomic E-state index is 15.4. The molecule has 0 saturated carbocycles. The van der Waals surface area contributed by atoms with Gasteiger partial charge in [0.2, 0.25) is 0 Å². The highest BCUT2D eigenvalue weighted by atomic mass is 35.5. The van der Waals surface area contributed by atoms with Crippen LogP contribution in [0.4, 0.5) is 5.82 Å². The highest BCUT2D eigenvalue weighted by molar-refractivity contribution is 6.32. The van der Waals surface area contributed by atoms with Crippen LogP contribution in [0.5, 0.6) is 5.75 Å². The number of carbonyl (C=O) groups excluding carboxylic acids is 1. The Hall–Kier alpha value is -4.80. The van der Waals surface area contributed by atoms with E-state index in [9.17, 15) is 9.90 Å². The number of hydrogen-bond acceptors (Lipinski definition) is 5. The number of rotatable bonds is 8. The fourth-order valence-electron chi connectivity index (χ4n) is 7.74. The monoisotopic (exact) mass is 712 g/mol. The number of aromatic nitrogens is 5. The zero-order chi connectivity index (χ0) is 35.8. The van der Waals surface area contributed by atoms with Gasteiger partial charge in [-0.05, 0) is 101 Å². The third-order valence-electron chi connectivity index (χ3n) is 10.1. The van der Waals surface area contributed by atoms with E-state index >= 15 is 4.79 Å². The van der Waals surface area contributed by atoms with Gasteiger partial charge in [-0.2, -0.15) is 10.2 Å². The number of aryl methyl sites for hydroxylation is 6. The molecule has 7 rings (SSSR count). The van der Waals surface area contributed by atoms with Crippen molar-refractivity contribution in [3.8, 4) is 5.75 Å². The van der Waals surface area contributed by atoms with Gasteiger partial charge in [0.1, 0.15) is 11.4 Å². The molecule has 1 aliphatic rings. The first-order valence-electron chi connectivity index (χ1n) is 16.5. The van der Waals surface area contributed by atoms with Gasteiger partial charge in [-0.3, -0.25) is 19.1 Å². The second-order valence-corrected chi connectivity index (χ2v) is 14.0. The van der Waals surface area contributed by atoms with Crippen LogP contribution in [0.1, 0.15) is 79.9 Å². The second-order valence-electron chi connectivity index (χ2n) is 13.2. The van der Waals surface area contributed by atoms with E-state index in [2.05, 4.69) is 11.5 Å². The molecule has 1 N–H and O–H groups in total. The van der Waals surface area contributed by atoms with Crippen molar-refractivity contribution >= 4 is 62.7 Å². The van der Waals surface area contributed by atoms with Crippen LogP contribution in [-0.4, -0.2) is 47.7 Å². The number of fused-ring (bicyclic) bond motifs is 4. The topological polar surface area (TPSA) is 107 Å². The lowest BCUT2D eigenvalue weighted by molar-refractivity contribution is 0.0698. The molecule has 0 bridgehead atoms. The highest BCUT2D eigenvalue weighted by Gasteiger charge is 2.46. The van der Waals surface area contributed by atoms with Crippen molar-refractivity contribution in [2.75, 3.05) is 11.5 Å². The molecule has 258 valence electrons. The van der Waals surface area contributed by atoms with E-state index in [1.807, 2.05) is 75.8 Å². The predicted molar refractivity (Wildman–Crippen MR) is 196 cm³/mol. The molecule has 6 aromatic rings. The maximum Gasteiger partial charge on any atom is 0.336 e. The Labute approximate surface area is 299 Å². The molecule has 50 heavy (non-hydrogen) atoms. The van der Waals surface area contributed by atoms with Gasteiger partial charge in [-0.1, -0.05) is 35.3 Å². The summed E-state index contributed by atoms with van der Waals surface area (Å²) >= 11 is 13.0. The molecule has 2 atom stereocenters. The summed E-state index contributed by atoms with van der Waals surface area (Å²) in [6.07, 6.45) is 1.19. The van der Waals surface area contributed by atoms with Gasteiger partial charge in [0.25, 0.3) is 5.91 Å². The van der Waals surface area contributed by atoms with Gasteiger partial charge < -0.3 is 14.4 Å². The molecule has 0 radical (unpaired) electrons. The number of halogens is 2. The standard InChI is InChI=1S/C38H38Cl2N6O4/c1-19-16-25(17-20(2)33(19)40)50-15-9-11-27-26-14-13-24(39)18-30(26)45-23(5)34(31-21(3)41-43(6)22(31)4)46(37(47)35(27)45)36-32-28(38(48)49)10-8-12-29(32)44(7)42-36/h8,10,12-14,16-18,23,34H,9,11,15H2,1-7H3,(H,48,49)/t23?,34-/m0/s1. The Kier molecular flexibility index (Phi) is 8.43. The lowest BCUT2D eigenvalue weighted by Crippen LogP contribution is -2.46. The minimum absolute atomic E-state index is 0.0763. The summed E-state index contributed by atoms with van der Waals surface area (Å²) < 4.78 is 11.7. The number of carbonyl (C=O) groups is 2. The number of carboxylic acids is 1. The van der Waals surface area contributed by atoms with Crippen molar-refractivity contribution in [1.82, 2.24) is 24.1 Å². The summed E-state index contributed by atoms with van der Waals surface area (Å²) in [5.41, 5.74) is 7.42. The van der Waals surface area contributed by atoms with Crippen LogP contribution in [0.2, 0.25) is 10.0 Å². The maximum absolute atomic E-state index is 15.4. The number of amides is 1. The van der Waals surface area contributed by atoms with E-state index < -0.39 is 12.0 Å². The number of anilines is 1. The van der Waals surface area contributed by atoms with Crippen molar-refractivity contribution in [3.05, 3.63) is 103 Å². The van der Waals surface area contributed by atoms with Crippen molar-refractivity contribution < 1.29 is 19.4 Å². The van der Waals surface area contributed by atoms with Gasteiger partial charge in [0.15, 0.2) is 5.82 Å². The molecule has 3 aromatic heterocycles. The average molecular weight is 714 g/mol. The molecular formula is C38H38Cl2N6O4. The van der Waals surface area contributed by atoms with Crippen molar-refractivity contribution in [3.63, 3.8) is 0 Å². The first-order chi connectivity index (χ1) is 23.8. The summed E-state index contributed by atoms with van der Waals surface area (Å²) in [4.78, 5) is 29.6. The Bertz CT molecular complexity index is 2350. The minimum atomic E-state index is -1.09. The van der Waals surface area contributed by atoms with E-state index in [1.165, 1.54) is 0 Å². The Balaban J connectivity index is 1.41. The van der Waals surface area contributed by atoms with Crippen molar-refractivity contribution in [2.45, 2.75) is 59.5 Å². The van der Waals surface area contributed by atoms with Gasteiger partial charge in [0, 0.05) is 40.8 Å². The average Bonchev–Trinajstić information content (AvgIpc) is 3.66. The zero-order valence-corrected chi connectivity index (χ0v) is 30.5. The molecule has 1 amide bonds. The summed E-state index contributed by atoms with van der Waals surface area (Å²) in [6, 6.07) is 13.8. The Morgan fingerprint density at radius 2 is 1.68 bits per heavy atom. The Morgan fingerprint density at radius 3 is 2.34 bits per heavy atom. The normalized spacial score (nSPS) is 16.1. The van der Waals surface area contributed by atoms with Crippen LogP contribution in [0, 0.1) is 27.7 Å². The third kappa shape index (κ3) is 5.24. The number of ether oxygens (including phenoxy) is 1. The fraction of sp³-hybridized carbons (Fsp3) is 0.316. The largest absolute Gasteiger partial charge is 0.494 e. The molecule has 0 fully saturated rings. The van der Waals surface area contributed by atoms with Crippen LogP contribution < -0.4 is 9.64 Å². The smallest absolute Gasteiger partial charge is 0.336 e. The molecular weight excluding hydrogens is 675 g/mol. The molecule has 0 saturated heterocycles. The van der Waals surface area contributed by atoms with Crippen LogP contribution in [0.15, 0.2) is 48.5 Å². The summed E-state index contributed by atoms with van der Waals surface area (Å²) in [7, 11) is 3.65. The lowest BCUT2D eigenvalue weighted by atomic mass is 9.92. The van der Waals surface area contributed by atoms with Gasteiger partial charge in [0.05, 0.1) is 46.4 Å². The van der Waals surface area contributed by atoms with E-state index in [0.29, 0.717) is 46.9 Å². The fourth-order valence-corrected chi connectivity index (χ4v) is 8.02. The third-order valence-corrected chi connectivity index (χ3v) is 10.9. The van der Waals surface area contributed by atoms with Crippen LogP contribution >= 0.6 is 23.2 Å². The number of aromatic carboxylic acids is 1. The predicted octanol–water partition coefficient (Wildman–Crippen LogP) is 8.47. The molecule has 4 heterocycles. The summed E-state index contributed by atoms with van der Waals surface area (Å²) in [5, 5.41) is 22.5. The molecule has 0 spiro atoms. The number of hydrogen-bond donors (Lipinski definition) is 1. The first kappa shape index (κ1) is 33.7. The first-order valence-corrected chi connectivity index (χ1v) is 17.3. The molecule has 1 aliphatic heterocycles. The highest BCUT2D eigenvalue weighted by Crippen LogP contribution is 2.48. The van der Waals surface area contributed by atoms with Crippen LogP contribution in [-0.2, 0) is 20.5 Å². The van der Waals surface area contributed by atoms with Crippen LogP contribution in [0.3, 0.4) is 0 Å². The molecule has 3 aromatic carbocycles. The number of nitrogens with zero attached hydrogens (tertiary/aromatic N) is 6. The second kappa shape index (κ2) is 12.5. The van der Waals surface area contributed by atoms with Crippen molar-refractivity contribution in [2.24, 2.45) is 14.1 Å². The number of carboxylic acid groups (broad SMARTS) is 1. The quantitative estimate of drug-likeness (QED) is 0.159. The molecule has 10 nitrogen and oxygen atoms in total. The molecule has 12 heteroatoms. The minimum Gasteiger partial charge on any atom is -0.494 e. The Morgan fingerprint density at radius 1 is 0.960 bits per heavy atom. The van der Waals surface area contributed by atoms with Crippen LogP contribution in [0.25, 0.3) is 21.8 Å². The summed E-state index contributed by atoms with van der Waals surface area (Å²) in [5.74, 6) is -0.328. The van der Waals surface area contributed by atoms with Gasteiger partial charge >= 0.3 is 5.97 Å². The van der Waals surface area contributed by atoms with E-state index in [-0.39, 0.29) is 17.5 Å². The van der Waals surface area contributed by atoms with E-state index in [4.69, 9.17) is 38.1 Å². The summed E-state index contributed by atoms with van der Waals surface area (Å²) in [6.45, 7) is 10.3.